The Morgan fingerprint density at radius 1 is 1.21 bits per heavy atom. The minimum Gasteiger partial charge on any atom is -0.393 e. The first-order valence-corrected chi connectivity index (χ1v) is 6.13. The lowest BCUT2D eigenvalue weighted by atomic mass is 9.74. The van der Waals surface area contributed by atoms with Crippen LogP contribution < -0.4 is 5.73 Å². The van der Waals surface area contributed by atoms with Crippen LogP contribution in [0.5, 0.6) is 0 Å². The Hall–Kier alpha value is -0.0800. The van der Waals surface area contributed by atoms with E-state index in [1.807, 2.05) is 0 Å². The second kappa shape index (κ2) is 5.72. The molecule has 1 saturated carbocycles. The van der Waals surface area contributed by atoms with Crippen molar-refractivity contribution in [2.24, 2.45) is 11.1 Å². The van der Waals surface area contributed by atoms with Crippen molar-refractivity contribution in [1.82, 2.24) is 0 Å². The third kappa shape index (κ3) is 2.71. The van der Waals surface area contributed by atoms with Crippen molar-refractivity contribution in [3.05, 3.63) is 0 Å². The molecular formula is C12H25NO. The highest BCUT2D eigenvalue weighted by atomic mass is 16.3. The van der Waals surface area contributed by atoms with Crippen LogP contribution in [-0.2, 0) is 0 Å². The molecule has 0 aliphatic heterocycles. The molecule has 2 nitrogen and oxygen atoms in total. The molecular weight excluding hydrogens is 174 g/mol. The lowest BCUT2D eigenvalue weighted by molar-refractivity contribution is 0.0118. The number of aliphatic hydroxyl groups is 1. The quantitative estimate of drug-likeness (QED) is 0.683. The average molecular weight is 199 g/mol. The van der Waals surface area contributed by atoms with E-state index < -0.39 is 0 Å². The van der Waals surface area contributed by atoms with Crippen LogP contribution in [0.3, 0.4) is 0 Å². The van der Waals surface area contributed by atoms with Gasteiger partial charge in [-0.05, 0) is 19.3 Å². The summed E-state index contributed by atoms with van der Waals surface area (Å²) in [6, 6.07) is 0. The van der Waals surface area contributed by atoms with Crippen molar-refractivity contribution < 1.29 is 5.11 Å². The van der Waals surface area contributed by atoms with Gasteiger partial charge in [0.05, 0.1) is 6.10 Å². The number of hydrogen-bond donors (Lipinski definition) is 2. The maximum absolute atomic E-state index is 10.2. The van der Waals surface area contributed by atoms with Gasteiger partial charge in [-0.15, -0.1) is 0 Å². The summed E-state index contributed by atoms with van der Waals surface area (Å²) >= 11 is 0. The molecule has 1 fully saturated rings. The first kappa shape index (κ1) is 12.0. The summed E-state index contributed by atoms with van der Waals surface area (Å²) in [5.41, 5.74) is 5.93. The minimum absolute atomic E-state index is 0.0481. The predicted octanol–water partition coefficient (Wildman–Crippen LogP) is 2.45. The molecule has 2 heteroatoms. The van der Waals surface area contributed by atoms with E-state index in [0.29, 0.717) is 6.54 Å². The fraction of sp³-hybridized carbons (Fsp3) is 1.00. The third-order valence-electron chi connectivity index (χ3n) is 3.77. The van der Waals surface area contributed by atoms with E-state index in [9.17, 15) is 5.11 Å². The fourth-order valence-corrected chi connectivity index (χ4v) is 2.69. The van der Waals surface area contributed by atoms with E-state index in [0.717, 1.165) is 25.7 Å². The average Bonchev–Trinajstić information content (AvgIpc) is 2.44. The third-order valence-corrected chi connectivity index (χ3v) is 3.77. The standard InChI is InChI=1S/C12H25NO/c1-2-7-11(14)12(10-13)8-5-3-4-6-9-12/h11,14H,2-10,13H2,1H3. The van der Waals surface area contributed by atoms with E-state index in [4.69, 9.17) is 5.73 Å². The van der Waals surface area contributed by atoms with Crippen LogP contribution in [0.25, 0.3) is 0 Å². The largest absolute Gasteiger partial charge is 0.393 e. The number of aliphatic hydroxyl groups excluding tert-OH is 1. The minimum atomic E-state index is -0.171. The van der Waals surface area contributed by atoms with Crippen LogP contribution in [-0.4, -0.2) is 17.8 Å². The Morgan fingerprint density at radius 3 is 2.21 bits per heavy atom. The van der Waals surface area contributed by atoms with Gasteiger partial charge in [-0.2, -0.15) is 0 Å². The summed E-state index contributed by atoms with van der Waals surface area (Å²) in [6.07, 6.45) is 9.20. The first-order chi connectivity index (χ1) is 6.75. The number of hydrogen-bond acceptors (Lipinski definition) is 2. The van der Waals surface area contributed by atoms with Crippen molar-refractivity contribution >= 4 is 0 Å². The number of rotatable bonds is 4. The van der Waals surface area contributed by atoms with Crippen molar-refractivity contribution in [1.29, 1.82) is 0 Å². The summed E-state index contributed by atoms with van der Waals surface area (Å²) < 4.78 is 0. The van der Waals surface area contributed by atoms with Crippen LogP contribution >= 0.6 is 0 Å². The smallest absolute Gasteiger partial charge is 0.0608 e. The molecule has 0 spiro atoms. The molecule has 1 unspecified atom stereocenters. The molecule has 1 atom stereocenters. The molecule has 0 saturated heterocycles. The van der Waals surface area contributed by atoms with E-state index in [1.54, 1.807) is 0 Å². The Morgan fingerprint density at radius 2 is 1.79 bits per heavy atom. The maximum Gasteiger partial charge on any atom is 0.0608 e. The number of nitrogens with two attached hydrogens (primary N) is 1. The molecule has 1 aliphatic rings. The zero-order valence-electron chi connectivity index (χ0n) is 9.47. The highest BCUT2D eigenvalue weighted by Crippen LogP contribution is 2.38. The van der Waals surface area contributed by atoms with E-state index in [2.05, 4.69) is 6.92 Å². The van der Waals surface area contributed by atoms with Crippen LogP contribution in [0.15, 0.2) is 0 Å². The molecule has 0 bridgehead atoms. The highest BCUT2D eigenvalue weighted by Gasteiger charge is 2.35. The van der Waals surface area contributed by atoms with Crippen molar-refractivity contribution in [3.8, 4) is 0 Å². The van der Waals surface area contributed by atoms with Gasteiger partial charge in [-0.3, -0.25) is 0 Å². The predicted molar refractivity (Wildman–Crippen MR) is 60.1 cm³/mol. The van der Waals surface area contributed by atoms with Crippen molar-refractivity contribution in [3.63, 3.8) is 0 Å². The summed E-state index contributed by atoms with van der Waals surface area (Å²) in [4.78, 5) is 0. The van der Waals surface area contributed by atoms with E-state index in [-0.39, 0.29) is 11.5 Å². The topological polar surface area (TPSA) is 46.2 Å². The zero-order chi connectivity index (χ0) is 10.4. The maximum atomic E-state index is 10.2. The molecule has 84 valence electrons. The molecule has 1 rings (SSSR count). The van der Waals surface area contributed by atoms with Crippen LogP contribution in [0.4, 0.5) is 0 Å². The molecule has 0 radical (unpaired) electrons. The molecule has 0 amide bonds. The highest BCUT2D eigenvalue weighted by molar-refractivity contribution is 4.88. The van der Waals surface area contributed by atoms with Gasteiger partial charge in [-0.1, -0.05) is 39.0 Å². The van der Waals surface area contributed by atoms with Crippen molar-refractivity contribution in [2.75, 3.05) is 6.54 Å². The Labute approximate surface area is 87.9 Å². The van der Waals surface area contributed by atoms with Gasteiger partial charge in [0.1, 0.15) is 0 Å². The van der Waals surface area contributed by atoms with Gasteiger partial charge in [0.2, 0.25) is 0 Å². The molecule has 1 aliphatic carbocycles. The van der Waals surface area contributed by atoms with Crippen molar-refractivity contribution in [2.45, 2.75) is 64.4 Å². The SMILES string of the molecule is CCCC(O)C1(CN)CCCCCC1. The summed E-state index contributed by atoms with van der Waals surface area (Å²) in [7, 11) is 0. The molecule has 0 heterocycles. The lowest BCUT2D eigenvalue weighted by Crippen LogP contribution is -2.41. The van der Waals surface area contributed by atoms with Crippen LogP contribution in [0, 0.1) is 5.41 Å². The van der Waals surface area contributed by atoms with Crippen LogP contribution in [0.1, 0.15) is 58.3 Å². The molecule has 3 N–H and O–H groups in total. The normalized spacial score (nSPS) is 24.2. The molecule has 0 aromatic carbocycles. The van der Waals surface area contributed by atoms with Gasteiger partial charge in [0.15, 0.2) is 0 Å². The monoisotopic (exact) mass is 199 g/mol. The molecule has 0 aromatic rings. The summed E-state index contributed by atoms with van der Waals surface area (Å²) in [5.74, 6) is 0. The summed E-state index contributed by atoms with van der Waals surface area (Å²) in [5, 5.41) is 10.2. The lowest BCUT2D eigenvalue weighted by Gasteiger charge is -2.36. The van der Waals surface area contributed by atoms with E-state index in [1.165, 1.54) is 25.7 Å². The van der Waals surface area contributed by atoms with E-state index >= 15 is 0 Å². The zero-order valence-corrected chi connectivity index (χ0v) is 9.47. The van der Waals surface area contributed by atoms with Gasteiger partial charge in [0.25, 0.3) is 0 Å². The Balaban J connectivity index is 2.61. The Kier molecular flexibility index (Phi) is 4.90. The molecule has 14 heavy (non-hydrogen) atoms. The van der Waals surface area contributed by atoms with Gasteiger partial charge < -0.3 is 10.8 Å². The molecule has 0 aromatic heterocycles. The van der Waals surface area contributed by atoms with Gasteiger partial charge in [-0.25, -0.2) is 0 Å². The van der Waals surface area contributed by atoms with Crippen LogP contribution in [0.2, 0.25) is 0 Å². The van der Waals surface area contributed by atoms with Gasteiger partial charge in [0, 0.05) is 12.0 Å². The second-order valence-corrected chi connectivity index (χ2v) is 4.79. The first-order valence-electron chi connectivity index (χ1n) is 6.13. The Bertz CT molecular complexity index is 150. The second-order valence-electron chi connectivity index (χ2n) is 4.79. The van der Waals surface area contributed by atoms with Gasteiger partial charge >= 0.3 is 0 Å². The summed E-state index contributed by atoms with van der Waals surface area (Å²) in [6.45, 7) is 2.79. The fourth-order valence-electron chi connectivity index (χ4n) is 2.69.